The van der Waals surface area contributed by atoms with E-state index in [0.717, 1.165) is 83.5 Å². The number of allylic oxidation sites excluding steroid dienone is 8. The van der Waals surface area contributed by atoms with Gasteiger partial charge in [0.1, 0.15) is 13.2 Å². The smallest absolute Gasteiger partial charge is 0.361 e. The average Bonchev–Trinajstić information content (AvgIpc) is 3.30. The fourth-order valence-electron chi connectivity index (χ4n) is 8.01. The lowest BCUT2D eigenvalue weighted by Gasteiger charge is -2.25. The molecule has 0 heterocycles. The molecule has 0 saturated heterocycles. The maximum Gasteiger partial charge on any atom is 0.361 e. The molecule has 68 heavy (non-hydrogen) atoms. The quantitative estimate of drug-likeness (QED) is 0.0211. The van der Waals surface area contributed by atoms with E-state index in [0.29, 0.717) is 23.9 Å². The van der Waals surface area contributed by atoms with E-state index in [1.54, 1.807) is 0 Å². The van der Waals surface area contributed by atoms with Crippen molar-refractivity contribution >= 4 is 17.9 Å². The van der Waals surface area contributed by atoms with Gasteiger partial charge in [0, 0.05) is 12.8 Å². The van der Waals surface area contributed by atoms with Gasteiger partial charge in [-0.25, -0.2) is 4.79 Å². The first-order valence-electron chi connectivity index (χ1n) is 28.3. The summed E-state index contributed by atoms with van der Waals surface area (Å²) in [5, 5.41) is 9.69. The summed E-state index contributed by atoms with van der Waals surface area (Å²) in [6.07, 6.45) is 59.0. The normalized spacial score (nSPS) is 13.1. The highest BCUT2D eigenvalue weighted by Gasteiger charge is 2.25. The largest absolute Gasteiger partial charge is 0.477 e. The molecule has 0 bridgehead atoms. The number of nitrogens with zero attached hydrogens (tertiary/aromatic N) is 1. The fourth-order valence-corrected chi connectivity index (χ4v) is 8.01. The molecule has 0 aromatic carbocycles. The highest BCUT2D eigenvalue weighted by Crippen LogP contribution is 2.17. The van der Waals surface area contributed by atoms with Gasteiger partial charge in [-0.3, -0.25) is 9.59 Å². The molecule has 2 unspecified atom stereocenters. The Morgan fingerprint density at radius 3 is 1.25 bits per heavy atom. The van der Waals surface area contributed by atoms with Crippen molar-refractivity contribution in [3.63, 3.8) is 0 Å². The van der Waals surface area contributed by atoms with Crippen LogP contribution in [0.3, 0.4) is 0 Å². The molecule has 0 aliphatic carbocycles. The number of carbonyl (C=O) groups is 3. The molecule has 0 amide bonds. The van der Waals surface area contributed by atoms with Crippen LogP contribution >= 0.6 is 0 Å². The minimum absolute atomic E-state index is 0.184. The van der Waals surface area contributed by atoms with Gasteiger partial charge in [-0.05, 0) is 51.4 Å². The summed E-state index contributed by atoms with van der Waals surface area (Å²) in [5.41, 5.74) is 0. The van der Waals surface area contributed by atoms with Crippen LogP contribution in [-0.2, 0) is 33.3 Å². The number of quaternary nitrogens is 1. The van der Waals surface area contributed by atoms with Gasteiger partial charge in [0.05, 0.1) is 34.4 Å². The standard InChI is InChI=1S/C59H107NO8/c1-6-8-10-12-14-16-18-20-22-24-26-27-28-29-30-32-33-35-37-39-41-43-45-47-49-56(61)66-53-55(54-67-59(58(63)64)65-52-51-60(3,4)5)68-57(62)50-48-46-44-42-40-38-36-34-31-25-23-21-19-17-15-13-11-9-7-2/h9,11,15,17,21,23,31,34,55,59H,6-8,10,12-14,16,18-20,22,24-30,32-33,35-54H2,1-5H3/p+1/b11-9-,17-15-,23-21-,34-31-. The third kappa shape index (κ3) is 51.1. The van der Waals surface area contributed by atoms with Gasteiger partial charge < -0.3 is 28.5 Å². The van der Waals surface area contributed by atoms with Crippen molar-refractivity contribution in [3.05, 3.63) is 48.6 Å². The summed E-state index contributed by atoms with van der Waals surface area (Å²) < 4.78 is 22.9. The number of hydrogen-bond acceptors (Lipinski definition) is 7. The van der Waals surface area contributed by atoms with Crippen LogP contribution in [0.4, 0.5) is 0 Å². The molecule has 0 radical (unpaired) electrons. The summed E-state index contributed by atoms with van der Waals surface area (Å²) in [6, 6.07) is 0. The Morgan fingerprint density at radius 1 is 0.456 bits per heavy atom. The van der Waals surface area contributed by atoms with E-state index >= 15 is 0 Å². The Balaban J connectivity index is 4.24. The maximum atomic E-state index is 12.8. The van der Waals surface area contributed by atoms with Crippen LogP contribution in [0.15, 0.2) is 48.6 Å². The predicted molar refractivity (Wildman–Crippen MR) is 286 cm³/mol. The second-order valence-electron chi connectivity index (χ2n) is 20.2. The predicted octanol–water partition coefficient (Wildman–Crippen LogP) is 16.3. The van der Waals surface area contributed by atoms with E-state index in [1.165, 1.54) is 135 Å². The SMILES string of the molecule is CC/C=C\C/C=C\C/C=C\C/C=C\CCCCCCCCC(=O)OC(COC(=O)CCCCCCCCCCCCCCCCCCCCCCCCCC)COC(OCC[N+](C)(C)C)C(=O)O. The molecule has 0 spiro atoms. The van der Waals surface area contributed by atoms with Crippen molar-refractivity contribution < 1.29 is 42.9 Å². The Hall–Kier alpha value is -2.75. The molecule has 0 aliphatic rings. The number of carboxylic acid groups (broad SMARTS) is 1. The van der Waals surface area contributed by atoms with Gasteiger partial charge in [0.15, 0.2) is 6.10 Å². The van der Waals surface area contributed by atoms with Crippen molar-refractivity contribution in [2.75, 3.05) is 47.5 Å². The van der Waals surface area contributed by atoms with E-state index in [9.17, 15) is 19.5 Å². The third-order valence-electron chi connectivity index (χ3n) is 12.3. The number of likely N-dealkylation sites (N-methyl/N-ethyl adjacent to an activating group) is 1. The van der Waals surface area contributed by atoms with Gasteiger partial charge in [0.2, 0.25) is 0 Å². The molecule has 0 aliphatic heterocycles. The molecule has 0 aromatic rings. The van der Waals surface area contributed by atoms with Crippen molar-refractivity contribution in [3.8, 4) is 0 Å². The summed E-state index contributed by atoms with van der Waals surface area (Å²) >= 11 is 0. The molecule has 396 valence electrons. The zero-order chi connectivity index (χ0) is 49.9. The first-order valence-corrected chi connectivity index (χ1v) is 28.3. The van der Waals surface area contributed by atoms with Crippen LogP contribution in [-0.4, -0.2) is 87.4 Å². The summed E-state index contributed by atoms with van der Waals surface area (Å²) in [6.45, 7) is 4.78. The Labute approximate surface area is 419 Å². The molecule has 0 rings (SSSR count). The maximum absolute atomic E-state index is 12.8. The molecule has 9 nitrogen and oxygen atoms in total. The Morgan fingerprint density at radius 2 is 0.838 bits per heavy atom. The summed E-state index contributed by atoms with van der Waals surface area (Å²) in [5.74, 6) is -2.01. The molecule has 1 N–H and O–H groups in total. The molecule has 9 heteroatoms. The fraction of sp³-hybridized carbons (Fsp3) is 0.814. The summed E-state index contributed by atoms with van der Waals surface area (Å²) in [4.78, 5) is 37.4. The Bertz CT molecular complexity index is 1250. The zero-order valence-electron chi connectivity index (χ0n) is 45.0. The van der Waals surface area contributed by atoms with E-state index in [-0.39, 0.29) is 32.2 Å². The number of unbranched alkanes of at least 4 members (excludes halogenated alkanes) is 29. The Kier molecular flexibility index (Phi) is 48.6. The second-order valence-corrected chi connectivity index (χ2v) is 20.2. The number of ether oxygens (including phenoxy) is 4. The summed E-state index contributed by atoms with van der Waals surface area (Å²) in [7, 11) is 5.96. The van der Waals surface area contributed by atoms with E-state index < -0.39 is 24.3 Å². The number of aliphatic carboxylic acids is 1. The van der Waals surface area contributed by atoms with Crippen LogP contribution in [0.5, 0.6) is 0 Å². The van der Waals surface area contributed by atoms with E-state index in [2.05, 4.69) is 62.5 Å². The number of carbonyl (C=O) groups excluding carboxylic acids is 2. The first kappa shape index (κ1) is 65.2. The molecule has 0 fully saturated rings. The molecular formula is C59H108NO8+. The molecule has 0 aromatic heterocycles. The van der Waals surface area contributed by atoms with Gasteiger partial charge in [-0.15, -0.1) is 0 Å². The van der Waals surface area contributed by atoms with Gasteiger partial charge in [-0.2, -0.15) is 0 Å². The van der Waals surface area contributed by atoms with Crippen molar-refractivity contribution in [1.29, 1.82) is 0 Å². The van der Waals surface area contributed by atoms with Crippen molar-refractivity contribution in [1.82, 2.24) is 0 Å². The number of hydrogen-bond donors (Lipinski definition) is 1. The van der Waals surface area contributed by atoms with Gasteiger partial charge in [0.25, 0.3) is 6.29 Å². The van der Waals surface area contributed by atoms with Gasteiger partial charge >= 0.3 is 17.9 Å². The average molecular weight is 960 g/mol. The van der Waals surface area contributed by atoms with Crippen LogP contribution in [0.25, 0.3) is 0 Å². The highest BCUT2D eigenvalue weighted by molar-refractivity contribution is 5.71. The molecular weight excluding hydrogens is 851 g/mol. The number of carboxylic acids is 1. The third-order valence-corrected chi connectivity index (χ3v) is 12.3. The van der Waals surface area contributed by atoms with E-state index in [1.807, 2.05) is 21.1 Å². The van der Waals surface area contributed by atoms with Crippen molar-refractivity contribution in [2.45, 2.75) is 264 Å². The lowest BCUT2D eigenvalue weighted by molar-refractivity contribution is -0.870. The van der Waals surface area contributed by atoms with Crippen LogP contribution in [0, 0.1) is 0 Å². The minimum Gasteiger partial charge on any atom is -0.477 e. The number of esters is 2. The minimum atomic E-state index is -1.51. The second kappa shape index (κ2) is 50.6. The lowest BCUT2D eigenvalue weighted by atomic mass is 10.0. The highest BCUT2D eigenvalue weighted by atomic mass is 16.7. The van der Waals surface area contributed by atoms with Gasteiger partial charge in [-0.1, -0.05) is 236 Å². The van der Waals surface area contributed by atoms with E-state index in [4.69, 9.17) is 18.9 Å². The topological polar surface area (TPSA) is 108 Å². The first-order chi connectivity index (χ1) is 33.1. The van der Waals surface area contributed by atoms with Crippen molar-refractivity contribution in [2.24, 2.45) is 0 Å². The lowest BCUT2D eigenvalue weighted by Crippen LogP contribution is -2.40. The molecule has 2 atom stereocenters. The van der Waals surface area contributed by atoms with Crippen LogP contribution in [0.1, 0.15) is 251 Å². The molecule has 0 saturated carbocycles. The zero-order valence-corrected chi connectivity index (χ0v) is 45.0. The number of rotatable bonds is 52. The van der Waals surface area contributed by atoms with Crippen LogP contribution < -0.4 is 0 Å². The monoisotopic (exact) mass is 959 g/mol. The van der Waals surface area contributed by atoms with Crippen LogP contribution in [0.2, 0.25) is 0 Å².